The number of ether oxygens (including phenoxy) is 2. The molecule has 1 aliphatic heterocycles. The van der Waals surface area contributed by atoms with Crippen molar-refractivity contribution in [1.29, 1.82) is 0 Å². The van der Waals surface area contributed by atoms with Crippen LogP contribution in [0.1, 0.15) is 6.92 Å². The summed E-state index contributed by atoms with van der Waals surface area (Å²) in [6.07, 6.45) is 1.67. The van der Waals surface area contributed by atoms with Crippen molar-refractivity contribution in [2.45, 2.75) is 6.92 Å². The number of methoxy groups -OCH3 is 2. The Balaban J connectivity index is 1.34. The molecule has 12 heteroatoms. The molecule has 0 saturated carbocycles. The highest BCUT2D eigenvalue weighted by molar-refractivity contribution is 6.35. The summed E-state index contributed by atoms with van der Waals surface area (Å²) < 4.78 is 12.3. The fourth-order valence-electron chi connectivity index (χ4n) is 5.06. The van der Waals surface area contributed by atoms with Gasteiger partial charge in [0.05, 0.1) is 19.2 Å². The number of benzene rings is 2. The Hall–Kier alpha value is -4.35. The number of nitrogens with one attached hydrogen (secondary N) is 2. The maximum atomic E-state index is 12.9. The number of hydrogen-bond acceptors (Lipinski definition) is 9. The highest BCUT2D eigenvalue weighted by Gasteiger charge is 2.20. The van der Waals surface area contributed by atoms with E-state index in [9.17, 15) is 4.79 Å². The summed E-state index contributed by atoms with van der Waals surface area (Å²) in [6.45, 7) is 7.46. The van der Waals surface area contributed by atoms with Crippen LogP contribution in [0, 0.1) is 0 Å². The molecule has 0 spiro atoms. The van der Waals surface area contributed by atoms with Crippen LogP contribution in [0.3, 0.4) is 0 Å². The van der Waals surface area contributed by atoms with E-state index >= 15 is 0 Å². The molecule has 1 fully saturated rings. The van der Waals surface area contributed by atoms with Crippen LogP contribution in [0.15, 0.2) is 53.5 Å². The highest BCUT2D eigenvalue weighted by Crippen LogP contribution is 2.41. The van der Waals surface area contributed by atoms with Crippen LogP contribution in [0.25, 0.3) is 27.8 Å². The number of aromatic nitrogens is 5. The average Bonchev–Trinajstić information content (AvgIpc) is 3.39. The van der Waals surface area contributed by atoms with Gasteiger partial charge in [-0.25, -0.2) is 19.3 Å². The number of hydrogen-bond donors (Lipinski definition) is 2. The quantitative estimate of drug-likeness (QED) is 0.302. The molecule has 0 unspecified atom stereocenters. The molecule has 4 heterocycles. The van der Waals surface area contributed by atoms with E-state index in [0.29, 0.717) is 50.3 Å². The van der Waals surface area contributed by atoms with Crippen LogP contribution in [0.5, 0.6) is 11.5 Å². The van der Waals surface area contributed by atoms with Gasteiger partial charge in [0.25, 0.3) is 0 Å². The predicted molar refractivity (Wildman–Crippen MR) is 157 cm³/mol. The summed E-state index contributed by atoms with van der Waals surface area (Å²) >= 11 is 6.67. The van der Waals surface area contributed by atoms with E-state index in [1.165, 1.54) is 17.2 Å². The molecule has 0 amide bonds. The van der Waals surface area contributed by atoms with Crippen molar-refractivity contribution in [3.63, 3.8) is 0 Å². The van der Waals surface area contributed by atoms with Crippen molar-refractivity contribution >= 4 is 45.6 Å². The summed E-state index contributed by atoms with van der Waals surface area (Å²) in [7, 11) is 3.09. The van der Waals surface area contributed by atoms with Gasteiger partial charge in [0, 0.05) is 66.3 Å². The molecule has 1 aliphatic rings. The van der Waals surface area contributed by atoms with Crippen molar-refractivity contribution in [3.8, 4) is 22.6 Å². The molecular weight excluding hydrogens is 532 g/mol. The molecule has 11 nitrogen and oxygen atoms in total. The normalized spacial score (nSPS) is 14.2. The molecule has 0 radical (unpaired) electrons. The van der Waals surface area contributed by atoms with E-state index in [-0.39, 0.29) is 0 Å². The van der Waals surface area contributed by atoms with E-state index < -0.39 is 5.69 Å². The van der Waals surface area contributed by atoms with Gasteiger partial charge in [-0.05, 0) is 42.9 Å². The third-order valence-corrected chi connectivity index (χ3v) is 7.68. The van der Waals surface area contributed by atoms with Crippen LogP contribution >= 0.6 is 11.6 Å². The SMILES string of the molecule is CCN1CCN(c2ccc(Nc3ncc4cc(-c5cc(OC)cc(OC)c5Cl)c5n[nH]c(=O)n5c4n3)cc2)CC1. The monoisotopic (exact) mass is 560 g/mol. The molecule has 40 heavy (non-hydrogen) atoms. The molecular formula is C28H29ClN8O3. The number of rotatable bonds is 7. The molecule has 1 saturated heterocycles. The average molecular weight is 561 g/mol. The number of nitrogens with zero attached hydrogens (tertiary/aromatic N) is 6. The Bertz CT molecular complexity index is 1740. The number of fused-ring (bicyclic) bond motifs is 3. The molecule has 0 bridgehead atoms. The molecule has 2 aromatic carbocycles. The first-order chi connectivity index (χ1) is 19.5. The van der Waals surface area contributed by atoms with Gasteiger partial charge in [0.15, 0.2) is 11.3 Å². The van der Waals surface area contributed by atoms with E-state index in [1.807, 2.05) is 18.2 Å². The van der Waals surface area contributed by atoms with Gasteiger partial charge in [-0.15, -0.1) is 0 Å². The van der Waals surface area contributed by atoms with Crippen LogP contribution in [-0.2, 0) is 0 Å². The van der Waals surface area contributed by atoms with Crippen LogP contribution < -0.4 is 25.4 Å². The second-order valence-corrected chi connectivity index (χ2v) is 9.88. The van der Waals surface area contributed by atoms with Crippen molar-refractivity contribution in [3.05, 3.63) is 64.2 Å². The number of halogens is 1. The standard InChI is InChI=1S/C28H29ClN8O3/c1-4-35-9-11-36(12-10-35)19-7-5-18(6-8-19)31-27-30-16-17-13-22(26-33-34-28(38)37(26)25(17)32-27)21-14-20(39-2)15-23(40-3)24(21)29/h5-8,13-16H,4,9-12H2,1-3H3,(H,34,38)(H,30,31,32). The largest absolute Gasteiger partial charge is 0.497 e. The highest BCUT2D eigenvalue weighted by atomic mass is 35.5. The van der Waals surface area contributed by atoms with Gasteiger partial charge in [-0.2, -0.15) is 10.1 Å². The van der Waals surface area contributed by atoms with E-state index in [0.717, 1.165) is 38.4 Å². The lowest BCUT2D eigenvalue weighted by atomic mass is 10.0. The molecule has 5 aromatic rings. The number of piperazine rings is 1. The second-order valence-electron chi connectivity index (χ2n) is 9.50. The van der Waals surface area contributed by atoms with E-state index in [2.05, 4.69) is 54.3 Å². The summed E-state index contributed by atoms with van der Waals surface area (Å²) in [5.41, 5.74) is 3.59. The predicted octanol–water partition coefficient (Wildman–Crippen LogP) is 4.19. The topological polar surface area (TPSA) is 113 Å². The van der Waals surface area contributed by atoms with Gasteiger partial charge in [0.2, 0.25) is 5.95 Å². The molecule has 0 aliphatic carbocycles. The van der Waals surface area contributed by atoms with Crippen LogP contribution in [0.2, 0.25) is 5.02 Å². The first-order valence-corrected chi connectivity index (χ1v) is 13.4. The lowest BCUT2D eigenvalue weighted by molar-refractivity contribution is 0.271. The summed E-state index contributed by atoms with van der Waals surface area (Å²) in [4.78, 5) is 26.9. The van der Waals surface area contributed by atoms with E-state index in [4.69, 9.17) is 21.1 Å². The summed E-state index contributed by atoms with van der Waals surface area (Å²) in [5.74, 6) is 1.36. The molecule has 6 rings (SSSR count). The third-order valence-electron chi connectivity index (χ3n) is 7.29. The Morgan fingerprint density at radius 2 is 1.77 bits per heavy atom. The number of aromatic amines is 1. The van der Waals surface area contributed by atoms with Gasteiger partial charge in [-0.3, -0.25) is 0 Å². The number of pyridine rings is 1. The van der Waals surface area contributed by atoms with Crippen LogP contribution in [0.4, 0.5) is 17.3 Å². The Kier molecular flexibility index (Phi) is 6.91. The Morgan fingerprint density at radius 1 is 1.00 bits per heavy atom. The number of H-pyrrole nitrogens is 1. The van der Waals surface area contributed by atoms with Gasteiger partial charge < -0.3 is 24.6 Å². The third kappa shape index (κ3) is 4.67. The Morgan fingerprint density at radius 3 is 2.48 bits per heavy atom. The zero-order valence-corrected chi connectivity index (χ0v) is 23.2. The first kappa shape index (κ1) is 25.9. The summed E-state index contributed by atoms with van der Waals surface area (Å²) in [5, 5.41) is 11.1. The lowest BCUT2D eigenvalue weighted by Gasteiger charge is -2.35. The van der Waals surface area contributed by atoms with Gasteiger partial charge in [0.1, 0.15) is 11.5 Å². The lowest BCUT2D eigenvalue weighted by Crippen LogP contribution is -2.46. The van der Waals surface area contributed by atoms with Crippen molar-refractivity contribution in [2.75, 3.05) is 57.2 Å². The molecule has 206 valence electrons. The van der Waals surface area contributed by atoms with Crippen LogP contribution in [-0.4, -0.2) is 76.4 Å². The minimum Gasteiger partial charge on any atom is -0.497 e. The smallest absolute Gasteiger partial charge is 0.349 e. The minimum atomic E-state index is -0.426. The minimum absolute atomic E-state index is 0.361. The molecule has 2 N–H and O–H groups in total. The molecule has 3 aromatic heterocycles. The first-order valence-electron chi connectivity index (χ1n) is 13.0. The van der Waals surface area contributed by atoms with Crippen molar-refractivity contribution in [2.24, 2.45) is 0 Å². The zero-order chi connectivity index (χ0) is 27.8. The summed E-state index contributed by atoms with van der Waals surface area (Å²) in [6, 6.07) is 13.5. The maximum Gasteiger partial charge on any atom is 0.349 e. The zero-order valence-electron chi connectivity index (χ0n) is 22.4. The van der Waals surface area contributed by atoms with Gasteiger partial charge in [-0.1, -0.05) is 18.5 Å². The number of anilines is 3. The fraction of sp³-hybridized carbons (Fsp3) is 0.286. The van der Waals surface area contributed by atoms with Gasteiger partial charge >= 0.3 is 5.69 Å². The number of likely N-dealkylation sites (N-methyl/N-ethyl adjacent to an activating group) is 1. The van der Waals surface area contributed by atoms with Crippen molar-refractivity contribution < 1.29 is 9.47 Å². The van der Waals surface area contributed by atoms with E-state index in [1.54, 1.807) is 25.4 Å². The van der Waals surface area contributed by atoms with Crippen molar-refractivity contribution in [1.82, 2.24) is 29.5 Å². The Labute approximate surface area is 235 Å². The maximum absolute atomic E-state index is 12.9. The fourth-order valence-corrected chi connectivity index (χ4v) is 5.35. The second kappa shape index (κ2) is 10.7. The molecule has 0 atom stereocenters.